The van der Waals surface area contributed by atoms with Crippen LogP contribution in [0.25, 0.3) is 17.2 Å². The molecular weight excluding hydrogens is 292 g/mol. The Labute approximate surface area is 139 Å². The molecule has 0 bridgehead atoms. The number of rotatable bonds is 3. The molecule has 2 aliphatic rings. The van der Waals surface area contributed by atoms with E-state index in [0.717, 1.165) is 0 Å². The van der Waals surface area contributed by atoms with Crippen molar-refractivity contribution in [1.29, 1.82) is 0 Å². The lowest BCUT2D eigenvalue weighted by molar-refractivity contribution is 1.09. The van der Waals surface area contributed by atoms with E-state index in [2.05, 4.69) is 98.1 Å². The molecule has 1 atom stereocenters. The second-order valence-electron chi connectivity index (χ2n) is 7.13. The van der Waals surface area contributed by atoms with Crippen molar-refractivity contribution in [1.82, 2.24) is 0 Å². The Hall–Kier alpha value is -2.12. The lowest BCUT2D eigenvalue weighted by Crippen LogP contribution is -2.37. The molecule has 0 heterocycles. The minimum absolute atomic E-state index is 0.596. The van der Waals surface area contributed by atoms with E-state index < -0.39 is 8.07 Å². The summed E-state index contributed by atoms with van der Waals surface area (Å²) in [5, 5.41) is 0. The molecule has 0 saturated heterocycles. The summed E-state index contributed by atoms with van der Waals surface area (Å²) in [5.74, 6) is 0. The smallest absolute Gasteiger partial charge is 0.0707 e. The minimum atomic E-state index is -1.47. The van der Waals surface area contributed by atoms with E-state index in [1.165, 1.54) is 22.3 Å². The fourth-order valence-electron chi connectivity index (χ4n) is 3.99. The van der Waals surface area contributed by atoms with E-state index in [1.807, 2.05) is 0 Å². The molecule has 0 radical (unpaired) electrons. The normalized spacial score (nSPS) is 19.5. The van der Waals surface area contributed by atoms with Gasteiger partial charge in [0.2, 0.25) is 0 Å². The second kappa shape index (κ2) is 5.50. The zero-order valence-electron chi connectivity index (χ0n) is 13.7. The lowest BCUT2D eigenvalue weighted by atomic mass is 9.97. The maximum absolute atomic E-state index is 2.52. The van der Waals surface area contributed by atoms with Crippen molar-refractivity contribution in [3.63, 3.8) is 0 Å². The number of hydrogen-bond donors (Lipinski definition) is 0. The van der Waals surface area contributed by atoms with Gasteiger partial charge in [0.25, 0.3) is 0 Å². The molecule has 0 spiro atoms. The third kappa shape index (κ3) is 2.36. The topological polar surface area (TPSA) is 0 Å². The maximum Gasteiger partial charge on any atom is 0.0707 e. The Balaban J connectivity index is 1.78. The average molecular weight is 315 g/mol. The monoisotopic (exact) mass is 314 g/mol. The van der Waals surface area contributed by atoms with Crippen LogP contribution in [0.15, 0.2) is 78.9 Å². The molecule has 0 amide bonds. The summed E-state index contributed by atoms with van der Waals surface area (Å²) >= 11 is 0. The van der Waals surface area contributed by atoms with Crippen molar-refractivity contribution < 1.29 is 0 Å². The van der Waals surface area contributed by atoms with Crippen molar-refractivity contribution in [2.24, 2.45) is 0 Å². The largest absolute Gasteiger partial charge is 0.0803 e. The van der Waals surface area contributed by atoms with Crippen molar-refractivity contribution in [3.05, 3.63) is 90.0 Å². The average Bonchev–Trinajstić information content (AvgIpc) is 3.25. The van der Waals surface area contributed by atoms with Gasteiger partial charge in [-0.1, -0.05) is 98.1 Å². The predicted octanol–water partition coefficient (Wildman–Crippen LogP) is 6.21. The van der Waals surface area contributed by atoms with Crippen LogP contribution in [-0.4, -0.2) is 8.07 Å². The second-order valence-corrected chi connectivity index (χ2v) is 12.1. The van der Waals surface area contributed by atoms with E-state index >= 15 is 0 Å². The van der Waals surface area contributed by atoms with Crippen molar-refractivity contribution in [2.45, 2.75) is 24.2 Å². The van der Waals surface area contributed by atoms with Gasteiger partial charge in [-0.15, -0.1) is 0 Å². The summed E-state index contributed by atoms with van der Waals surface area (Å²) in [4.78, 5) is 0. The van der Waals surface area contributed by atoms with Crippen LogP contribution in [0.4, 0.5) is 0 Å². The number of allylic oxidation sites excluding steroid dienone is 5. The highest BCUT2D eigenvalue weighted by atomic mass is 28.3. The molecular formula is C22H22Si. The van der Waals surface area contributed by atoms with Gasteiger partial charge in [0.1, 0.15) is 0 Å². The van der Waals surface area contributed by atoms with Crippen molar-refractivity contribution in [2.75, 3.05) is 0 Å². The first-order valence-corrected chi connectivity index (χ1v) is 11.5. The highest BCUT2D eigenvalue weighted by Crippen LogP contribution is 2.46. The molecule has 23 heavy (non-hydrogen) atoms. The van der Waals surface area contributed by atoms with Gasteiger partial charge in [-0.2, -0.15) is 0 Å². The van der Waals surface area contributed by atoms with Gasteiger partial charge >= 0.3 is 0 Å². The SMILES string of the molecule is C[Si](C)(C1C=CC=C1)C1C=Cc2c(-c3ccccc3)cccc21. The zero-order chi connectivity index (χ0) is 15.9. The summed E-state index contributed by atoms with van der Waals surface area (Å²) in [5.41, 5.74) is 6.87. The highest BCUT2D eigenvalue weighted by molar-refractivity contribution is 6.81. The maximum atomic E-state index is 2.52. The summed E-state index contributed by atoms with van der Waals surface area (Å²) in [7, 11) is -1.47. The van der Waals surface area contributed by atoms with Gasteiger partial charge in [-0.05, 0) is 33.3 Å². The zero-order valence-corrected chi connectivity index (χ0v) is 14.7. The van der Waals surface area contributed by atoms with Crippen LogP contribution in [0.2, 0.25) is 18.6 Å². The van der Waals surface area contributed by atoms with E-state index in [4.69, 9.17) is 0 Å². The minimum Gasteiger partial charge on any atom is -0.0803 e. The highest BCUT2D eigenvalue weighted by Gasteiger charge is 2.39. The molecule has 0 aliphatic heterocycles. The van der Waals surface area contributed by atoms with Crippen LogP contribution in [0.3, 0.4) is 0 Å². The number of fused-ring (bicyclic) bond motifs is 1. The Bertz CT molecular complexity index is 797. The van der Waals surface area contributed by atoms with Crippen LogP contribution in [0, 0.1) is 0 Å². The first-order chi connectivity index (χ1) is 11.2. The Morgan fingerprint density at radius 2 is 1.52 bits per heavy atom. The molecule has 114 valence electrons. The molecule has 0 aromatic heterocycles. The number of benzene rings is 2. The Morgan fingerprint density at radius 1 is 0.783 bits per heavy atom. The van der Waals surface area contributed by atoms with E-state index in [-0.39, 0.29) is 0 Å². The van der Waals surface area contributed by atoms with E-state index in [1.54, 1.807) is 0 Å². The molecule has 4 rings (SSSR count). The molecule has 0 nitrogen and oxygen atoms in total. The third-order valence-electron chi connectivity index (χ3n) is 5.42. The molecule has 0 N–H and O–H groups in total. The molecule has 2 aromatic carbocycles. The molecule has 1 heteroatoms. The van der Waals surface area contributed by atoms with Crippen LogP contribution >= 0.6 is 0 Å². The van der Waals surface area contributed by atoms with E-state index in [0.29, 0.717) is 11.1 Å². The summed E-state index contributed by atoms with van der Waals surface area (Å²) in [6, 6.07) is 17.6. The summed E-state index contributed by atoms with van der Waals surface area (Å²) in [6.07, 6.45) is 14.0. The lowest BCUT2D eigenvalue weighted by Gasteiger charge is -2.33. The summed E-state index contributed by atoms with van der Waals surface area (Å²) < 4.78 is 0. The van der Waals surface area contributed by atoms with Gasteiger partial charge in [0.05, 0.1) is 8.07 Å². The molecule has 2 aromatic rings. The van der Waals surface area contributed by atoms with Crippen molar-refractivity contribution in [3.8, 4) is 11.1 Å². The third-order valence-corrected chi connectivity index (χ3v) is 9.63. The first-order valence-electron chi connectivity index (χ1n) is 8.39. The van der Waals surface area contributed by atoms with Gasteiger partial charge in [-0.25, -0.2) is 0 Å². The van der Waals surface area contributed by atoms with Crippen LogP contribution < -0.4 is 0 Å². The molecule has 0 fully saturated rings. The predicted molar refractivity (Wildman–Crippen MR) is 103 cm³/mol. The summed E-state index contributed by atoms with van der Waals surface area (Å²) in [6.45, 7) is 5.05. The van der Waals surface area contributed by atoms with Gasteiger partial charge in [0, 0.05) is 0 Å². The van der Waals surface area contributed by atoms with Gasteiger partial charge in [-0.3, -0.25) is 0 Å². The van der Waals surface area contributed by atoms with Gasteiger partial charge in [0.15, 0.2) is 0 Å². The molecule has 0 saturated carbocycles. The fourth-order valence-corrected chi connectivity index (χ4v) is 7.26. The number of hydrogen-bond acceptors (Lipinski definition) is 0. The Morgan fingerprint density at radius 3 is 2.26 bits per heavy atom. The Kier molecular flexibility index (Phi) is 3.46. The van der Waals surface area contributed by atoms with E-state index in [9.17, 15) is 0 Å². The quantitative estimate of drug-likeness (QED) is 0.591. The van der Waals surface area contributed by atoms with Gasteiger partial charge < -0.3 is 0 Å². The first kappa shape index (κ1) is 14.5. The van der Waals surface area contributed by atoms with Crippen LogP contribution in [-0.2, 0) is 0 Å². The van der Waals surface area contributed by atoms with Crippen molar-refractivity contribution >= 4 is 14.1 Å². The van der Waals surface area contributed by atoms with Crippen LogP contribution in [0.1, 0.15) is 16.7 Å². The molecule has 2 aliphatic carbocycles. The fraction of sp³-hybridized carbons (Fsp3) is 0.182. The molecule has 1 unspecified atom stereocenters. The van der Waals surface area contributed by atoms with Crippen LogP contribution in [0.5, 0.6) is 0 Å². The standard InChI is InChI=1S/C22H22Si/c1-23(2,18-11-6-7-12-18)22-16-15-20-19(13-8-14-21(20)22)17-9-4-3-5-10-17/h3-16,18,22H,1-2H3.